The summed E-state index contributed by atoms with van der Waals surface area (Å²) >= 11 is 0.569. The van der Waals surface area contributed by atoms with Crippen molar-refractivity contribution in [1.29, 1.82) is 0 Å². The first kappa shape index (κ1) is 14.9. The van der Waals surface area contributed by atoms with Crippen molar-refractivity contribution in [3.63, 3.8) is 0 Å². The Balaban J connectivity index is 2.15. The van der Waals surface area contributed by atoms with E-state index in [1.54, 1.807) is 12.1 Å². The van der Waals surface area contributed by atoms with E-state index in [0.29, 0.717) is 16.7 Å². The van der Waals surface area contributed by atoms with Gasteiger partial charge in [0.2, 0.25) is 0 Å². The second kappa shape index (κ2) is 6.75. The lowest BCUT2D eigenvalue weighted by Crippen LogP contribution is -2.07. The molecular formula is C16H17F2NS. The molecule has 4 heteroatoms. The van der Waals surface area contributed by atoms with Crippen LogP contribution >= 0.6 is 11.8 Å². The summed E-state index contributed by atoms with van der Waals surface area (Å²) in [6.45, 7) is 4.06. The molecule has 0 amide bonds. The average Bonchev–Trinajstić information content (AvgIpc) is 2.41. The zero-order valence-corrected chi connectivity index (χ0v) is 12.3. The van der Waals surface area contributed by atoms with E-state index in [1.807, 2.05) is 38.1 Å². The van der Waals surface area contributed by atoms with Gasteiger partial charge in [0.25, 0.3) is 5.76 Å². The molecule has 1 N–H and O–H groups in total. The minimum absolute atomic E-state index is 0.0648. The molecule has 1 atom stereocenters. The molecule has 0 aliphatic carbocycles. The van der Waals surface area contributed by atoms with Gasteiger partial charge in [-0.3, -0.25) is 0 Å². The van der Waals surface area contributed by atoms with E-state index >= 15 is 0 Å². The predicted molar refractivity (Wildman–Crippen MR) is 81.5 cm³/mol. The van der Waals surface area contributed by atoms with E-state index in [1.165, 1.54) is 5.56 Å². The zero-order chi connectivity index (χ0) is 14.5. The number of thioether (sulfide) groups is 1. The number of benzene rings is 2. The number of nitrogens with one attached hydrogen (secondary N) is 1. The van der Waals surface area contributed by atoms with E-state index in [0.717, 1.165) is 11.3 Å². The molecule has 0 bridgehead atoms. The summed E-state index contributed by atoms with van der Waals surface area (Å²) in [6, 6.07) is 15.4. The van der Waals surface area contributed by atoms with Crippen molar-refractivity contribution >= 4 is 17.4 Å². The van der Waals surface area contributed by atoms with Crippen LogP contribution in [0.3, 0.4) is 0 Å². The molecule has 0 heterocycles. The highest BCUT2D eigenvalue weighted by Crippen LogP contribution is 2.33. The van der Waals surface area contributed by atoms with Crippen LogP contribution in [0.1, 0.15) is 24.1 Å². The molecule has 0 radical (unpaired) electrons. The van der Waals surface area contributed by atoms with Gasteiger partial charge in [-0.05, 0) is 31.5 Å². The molecule has 0 aromatic heterocycles. The van der Waals surface area contributed by atoms with Crippen LogP contribution in [0, 0.1) is 6.92 Å². The molecule has 1 unspecified atom stereocenters. The Morgan fingerprint density at radius 1 is 1.00 bits per heavy atom. The predicted octanol–water partition coefficient (Wildman–Crippen LogP) is 5.48. The molecule has 20 heavy (non-hydrogen) atoms. The third-order valence-electron chi connectivity index (χ3n) is 3.05. The molecule has 0 aliphatic rings. The van der Waals surface area contributed by atoms with Crippen LogP contribution in [0.4, 0.5) is 14.5 Å². The molecule has 0 fully saturated rings. The van der Waals surface area contributed by atoms with Gasteiger partial charge >= 0.3 is 0 Å². The van der Waals surface area contributed by atoms with E-state index in [4.69, 9.17) is 0 Å². The number of halogens is 2. The number of para-hydroxylation sites is 1. The molecule has 0 aliphatic heterocycles. The van der Waals surface area contributed by atoms with Crippen molar-refractivity contribution in [2.24, 2.45) is 0 Å². The first-order valence-corrected chi connectivity index (χ1v) is 7.31. The first-order chi connectivity index (χ1) is 9.56. The van der Waals surface area contributed by atoms with E-state index in [-0.39, 0.29) is 6.04 Å². The Morgan fingerprint density at radius 2 is 1.65 bits per heavy atom. The molecule has 0 saturated heterocycles. The lowest BCUT2D eigenvalue weighted by molar-refractivity contribution is 0.252. The van der Waals surface area contributed by atoms with Crippen molar-refractivity contribution in [1.82, 2.24) is 0 Å². The number of rotatable bonds is 5. The van der Waals surface area contributed by atoms with Gasteiger partial charge in [0.15, 0.2) is 0 Å². The quantitative estimate of drug-likeness (QED) is 0.732. The van der Waals surface area contributed by atoms with Gasteiger partial charge in [0.1, 0.15) is 0 Å². The summed E-state index contributed by atoms with van der Waals surface area (Å²) in [7, 11) is 0. The second-order valence-electron chi connectivity index (χ2n) is 4.65. The smallest absolute Gasteiger partial charge is 0.288 e. The summed E-state index contributed by atoms with van der Waals surface area (Å²) < 4.78 is 25.1. The summed E-state index contributed by atoms with van der Waals surface area (Å²) in [5, 5.41) is 3.30. The number of alkyl halides is 2. The highest BCUT2D eigenvalue weighted by atomic mass is 32.2. The lowest BCUT2D eigenvalue weighted by atomic mass is 10.1. The SMILES string of the molecule is Cc1ccc(C(C)Nc2ccccc2SC(F)F)cc1. The monoisotopic (exact) mass is 293 g/mol. The molecular weight excluding hydrogens is 276 g/mol. The third-order valence-corrected chi connectivity index (χ3v) is 3.84. The van der Waals surface area contributed by atoms with E-state index in [2.05, 4.69) is 17.4 Å². The normalized spacial score (nSPS) is 12.4. The summed E-state index contributed by atoms with van der Waals surface area (Å²) in [5.41, 5.74) is 3.08. The number of aryl methyl sites for hydroxylation is 1. The number of hydrogen-bond acceptors (Lipinski definition) is 2. The molecule has 1 nitrogen and oxygen atoms in total. The van der Waals surface area contributed by atoms with Crippen LogP contribution in [0.15, 0.2) is 53.4 Å². The van der Waals surface area contributed by atoms with Crippen molar-refractivity contribution in [3.8, 4) is 0 Å². The molecule has 0 saturated carbocycles. The average molecular weight is 293 g/mol. The van der Waals surface area contributed by atoms with E-state index in [9.17, 15) is 8.78 Å². The molecule has 2 aromatic rings. The molecule has 2 rings (SSSR count). The summed E-state index contributed by atoms with van der Waals surface area (Å²) in [6.07, 6.45) is 0. The Kier molecular flexibility index (Phi) is 5.01. The maximum absolute atomic E-state index is 12.5. The van der Waals surface area contributed by atoms with Gasteiger partial charge in [-0.25, -0.2) is 0 Å². The maximum atomic E-state index is 12.5. The summed E-state index contributed by atoms with van der Waals surface area (Å²) in [5.74, 6) is -2.41. The van der Waals surface area contributed by atoms with Gasteiger partial charge in [0, 0.05) is 16.6 Å². The Hall–Kier alpha value is -1.55. The molecule has 0 spiro atoms. The zero-order valence-electron chi connectivity index (χ0n) is 11.4. The van der Waals surface area contributed by atoms with Crippen LogP contribution < -0.4 is 5.32 Å². The fourth-order valence-electron chi connectivity index (χ4n) is 1.96. The minimum Gasteiger partial charge on any atom is -0.378 e. The van der Waals surface area contributed by atoms with Crippen molar-refractivity contribution in [2.75, 3.05) is 5.32 Å². The first-order valence-electron chi connectivity index (χ1n) is 6.43. The van der Waals surface area contributed by atoms with Gasteiger partial charge in [-0.2, -0.15) is 8.78 Å². The fourth-order valence-corrected chi connectivity index (χ4v) is 2.56. The maximum Gasteiger partial charge on any atom is 0.288 e. The van der Waals surface area contributed by atoms with Gasteiger partial charge in [-0.1, -0.05) is 53.7 Å². The Bertz CT molecular complexity index is 555. The highest BCUT2D eigenvalue weighted by Gasteiger charge is 2.12. The van der Waals surface area contributed by atoms with Crippen LogP contribution in [-0.2, 0) is 0 Å². The van der Waals surface area contributed by atoms with Crippen LogP contribution in [0.2, 0.25) is 0 Å². The molecule has 106 valence electrons. The molecule has 2 aromatic carbocycles. The second-order valence-corrected chi connectivity index (χ2v) is 5.68. The van der Waals surface area contributed by atoms with E-state index < -0.39 is 5.76 Å². The van der Waals surface area contributed by atoms with Gasteiger partial charge < -0.3 is 5.32 Å². The van der Waals surface area contributed by atoms with Crippen molar-refractivity contribution in [2.45, 2.75) is 30.5 Å². The van der Waals surface area contributed by atoms with Gasteiger partial charge in [0.05, 0.1) is 0 Å². The Morgan fingerprint density at radius 3 is 2.30 bits per heavy atom. The fraction of sp³-hybridized carbons (Fsp3) is 0.250. The van der Waals surface area contributed by atoms with Crippen molar-refractivity contribution < 1.29 is 8.78 Å². The third kappa shape index (κ3) is 3.97. The van der Waals surface area contributed by atoms with Crippen molar-refractivity contribution in [3.05, 3.63) is 59.7 Å². The number of hydrogen-bond donors (Lipinski definition) is 1. The summed E-state index contributed by atoms with van der Waals surface area (Å²) in [4.78, 5) is 0.571. The largest absolute Gasteiger partial charge is 0.378 e. The van der Waals surface area contributed by atoms with Crippen LogP contribution in [-0.4, -0.2) is 5.76 Å². The lowest BCUT2D eigenvalue weighted by Gasteiger charge is -2.18. The van der Waals surface area contributed by atoms with Crippen LogP contribution in [0.25, 0.3) is 0 Å². The standard InChI is InChI=1S/C16H17F2NS/c1-11-7-9-13(10-8-11)12(2)19-14-5-3-4-6-15(14)20-16(17)18/h3-10,12,16,19H,1-2H3. The minimum atomic E-state index is -2.41. The van der Waals surface area contributed by atoms with Gasteiger partial charge in [-0.15, -0.1) is 0 Å². The highest BCUT2D eigenvalue weighted by molar-refractivity contribution is 7.99. The van der Waals surface area contributed by atoms with Crippen LogP contribution in [0.5, 0.6) is 0 Å². The Labute approximate surface area is 122 Å². The number of anilines is 1. The topological polar surface area (TPSA) is 12.0 Å².